The maximum atomic E-state index is 13.5. The number of hydrogen-bond acceptors (Lipinski definition) is 5. The smallest absolute Gasteiger partial charge is 0.192 e. The summed E-state index contributed by atoms with van der Waals surface area (Å²) in [5.41, 5.74) is 2.41. The van der Waals surface area contributed by atoms with Crippen molar-refractivity contribution in [2.24, 2.45) is 0 Å². The third-order valence-electron chi connectivity index (χ3n) is 5.00. The Bertz CT molecular complexity index is 1210. The van der Waals surface area contributed by atoms with Gasteiger partial charge in [0.2, 0.25) is 0 Å². The monoisotopic (exact) mass is 441 g/mol. The number of allylic oxidation sites excluding steroid dienone is 1. The van der Waals surface area contributed by atoms with Gasteiger partial charge in [-0.05, 0) is 17.7 Å². The molecule has 0 radical (unpaired) electrons. The second-order valence-electron chi connectivity index (χ2n) is 7.04. The molecular formula is C26H23N3O2S. The van der Waals surface area contributed by atoms with Crippen molar-refractivity contribution in [3.8, 4) is 17.1 Å². The summed E-state index contributed by atoms with van der Waals surface area (Å²) in [7, 11) is 1.63. The van der Waals surface area contributed by atoms with Crippen LogP contribution in [-0.2, 0) is 6.54 Å². The number of aromatic nitrogens is 3. The fourth-order valence-electron chi connectivity index (χ4n) is 3.46. The van der Waals surface area contributed by atoms with Crippen LogP contribution >= 0.6 is 11.8 Å². The molecule has 0 saturated carbocycles. The number of thioether (sulfide) groups is 1. The molecule has 0 aliphatic carbocycles. The van der Waals surface area contributed by atoms with Crippen molar-refractivity contribution in [2.45, 2.75) is 17.0 Å². The predicted octanol–water partition coefficient (Wildman–Crippen LogP) is 5.86. The number of ether oxygens (including phenoxy) is 1. The van der Waals surface area contributed by atoms with Gasteiger partial charge in [0.05, 0.1) is 12.7 Å². The van der Waals surface area contributed by atoms with Crippen LogP contribution in [0.2, 0.25) is 0 Å². The van der Waals surface area contributed by atoms with E-state index in [2.05, 4.69) is 16.8 Å². The molecule has 3 aromatic carbocycles. The van der Waals surface area contributed by atoms with Crippen molar-refractivity contribution in [2.75, 3.05) is 7.11 Å². The number of nitrogens with zero attached hydrogens (tertiary/aromatic N) is 3. The van der Waals surface area contributed by atoms with Crippen LogP contribution in [0.15, 0.2) is 103 Å². The van der Waals surface area contributed by atoms with Crippen LogP contribution in [0, 0.1) is 0 Å². The number of carbonyl (C=O) groups excluding carboxylic acids is 1. The molecule has 1 atom stereocenters. The molecule has 1 aromatic heterocycles. The Labute approximate surface area is 191 Å². The van der Waals surface area contributed by atoms with E-state index in [4.69, 9.17) is 4.74 Å². The maximum Gasteiger partial charge on any atom is 0.192 e. The molecule has 0 unspecified atom stereocenters. The molecule has 6 heteroatoms. The van der Waals surface area contributed by atoms with E-state index in [0.717, 1.165) is 11.1 Å². The second-order valence-corrected chi connectivity index (χ2v) is 8.12. The Morgan fingerprint density at radius 2 is 1.66 bits per heavy atom. The average molecular weight is 442 g/mol. The summed E-state index contributed by atoms with van der Waals surface area (Å²) >= 11 is 1.39. The van der Waals surface area contributed by atoms with Crippen LogP contribution in [0.1, 0.15) is 21.2 Å². The van der Waals surface area contributed by atoms with E-state index in [1.807, 2.05) is 89.5 Å². The Balaban J connectivity index is 1.76. The number of benzene rings is 3. The first-order valence-electron chi connectivity index (χ1n) is 10.2. The van der Waals surface area contributed by atoms with Crippen LogP contribution in [0.3, 0.4) is 0 Å². The largest absolute Gasteiger partial charge is 0.496 e. The Morgan fingerprint density at radius 3 is 2.34 bits per heavy atom. The lowest BCUT2D eigenvalue weighted by Crippen LogP contribution is -2.11. The van der Waals surface area contributed by atoms with Crippen molar-refractivity contribution in [3.63, 3.8) is 0 Å². The Hall–Kier alpha value is -3.64. The van der Waals surface area contributed by atoms with Crippen LogP contribution < -0.4 is 4.74 Å². The van der Waals surface area contributed by atoms with Gasteiger partial charge >= 0.3 is 0 Å². The summed E-state index contributed by atoms with van der Waals surface area (Å²) in [5, 5.41) is 9.08. The van der Waals surface area contributed by atoms with Crippen molar-refractivity contribution < 1.29 is 9.53 Å². The normalized spacial score (nSPS) is 11.7. The summed E-state index contributed by atoms with van der Waals surface area (Å²) in [6.45, 7) is 4.39. The van der Waals surface area contributed by atoms with Crippen LogP contribution in [-0.4, -0.2) is 27.7 Å². The Morgan fingerprint density at radius 1 is 1.00 bits per heavy atom. The maximum absolute atomic E-state index is 13.5. The molecule has 160 valence electrons. The second kappa shape index (κ2) is 10.1. The van der Waals surface area contributed by atoms with Crippen LogP contribution in [0.4, 0.5) is 0 Å². The van der Waals surface area contributed by atoms with Crippen molar-refractivity contribution >= 4 is 17.5 Å². The molecule has 0 fully saturated rings. The van der Waals surface area contributed by atoms with E-state index in [0.29, 0.717) is 28.8 Å². The molecule has 0 saturated heterocycles. The molecule has 5 nitrogen and oxygen atoms in total. The number of Topliss-reactive ketones (excluding diaryl/α,β-unsaturated/α-hetero) is 1. The molecule has 0 N–H and O–H groups in total. The molecule has 0 bridgehead atoms. The minimum atomic E-state index is -0.461. The van der Waals surface area contributed by atoms with Gasteiger partial charge in [0.25, 0.3) is 0 Å². The van der Waals surface area contributed by atoms with E-state index in [9.17, 15) is 4.79 Å². The van der Waals surface area contributed by atoms with Gasteiger partial charge in [0.1, 0.15) is 11.0 Å². The molecular weight excluding hydrogens is 418 g/mol. The number of ketones is 1. The van der Waals surface area contributed by atoms with Crippen molar-refractivity contribution in [1.29, 1.82) is 0 Å². The zero-order valence-electron chi connectivity index (χ0n) is 17.7. The molecule has 4 aromatic rings. The summed E-state index contributed by atoms with van der Waals surface area (Å²) in [5.74, 6) is 1.40. The van der Waals surface area contributed by atoms with Gasteiger partial charge < -0.3 is 4.74 Å². The average Bonchev–Trinajstić information content (AvgIpc) is 3.25. The molecule has 0 spiro atoms. The number of hydrogen-bond donors (Lipinski definition) is 0. The van der Waals surface area contributed by atoms with Gasteiger partial charge in [-0.15, -0.1) is 16.8 Å². The van der Waals surface area contributed by atoms with E-state index >= 15 is 0 Å². The topological polar surface area (TPSA) is 57.0 Å². The Kier molecular flexibility index (Phi) is 6.82. The number of methoxy groups -OCH3 is 1. The van der Waals surface area contributed by atoms with Gasteiger partial charge in [0, 0.05) is 12.1 Å². The highest BCUT2D eigenvalue weighted by Gasteiger charge is 2.27. The van der Waals surface area contributed by atoms with Gasteiger partial charge in [-0.2, -0.15) is 0 Å². The van der Waals surface area contributed by atoms with Crippen LogP contribution in [0.5, 0.6) is 5.75 Å². The first kappa shape index (κ1) is 21.6. The lowest BCUT2D eigenvalue weighted by atomic mass is 10.0. The lowest BCUT2D eigenvalue weighted by Gasteiger charge is -2.17. The van der Waals surface area contributed by atoms with E-state index in [1.54, 1.807) is 13.2 Å². The number of carbonyl (C=O) groups is 1. The summed E-state index contributed by atoms with van der Waals surface area (Å²) in [6.07, 6.45) is 1.79. The van der Waals surface area contributed by atoms with Gasteiger partial charge in [0.15, 0.2) is 16.8 Å². The summed E-state index contributed by atoms with van der Waals surface area (Å²) < 4.78 is 7.48. The third kappa shape index (κ3) is 4.50. The highest BCUT2D eigenvalue weighted by molar-refractivity contribution is 8.00. The van der Waals surface area contributed by atoms with Gasteiger partial charge in [-0.3, -0.25) is 9.36 Å². The highest BCUT2D eigenvalue weighted by Crippen LogP contribution is 2.39. The molecule has 0 amide bonds. The molecule has 32 heavy (non-hydrogen) atoms. The van der Waals surface area contributed by atoms with Crippen LogP contribution in [0.25, 0.3) is 11.4 Å². The minimum absolute atomic E-state index is 0.0220. The van der Waals surface area contributed by atoms with Crippen molar-refractivity contribution in [1.82, 2.24) is 14.8 Å². The zero-order valence-corrected chi connectivity index (χ0v) is 18.5. The highest BCUT2D eigenvalue weighted by atomic mass is 32.2. The number of para-hydroxylation sites is 1. The first-order valence-corrected chi connectivity index (χ1v) is 11.1. The third-order valence-corrected chi connectivity index (χ3v) is 6.23. The van der Waals surface area contributed by atoms with E-state index < -0.39 is 5.25 Å². The summed E-state index contributed by atoms with van der Waals surface area (Å²) in [6, 6.07) is 26.8. The summed E-state index contributed by atoms with van der Waals surface area (Å²) in [4.78, 5) is 13.5. The minimum Gasteiger partial charge on any atom is -0.496 e. The SMILES string of the molecule is C=CCn1c(S[C@H](C(=O)c2ccccc2)c2ccccc2)nnc1-c1ccccc1OC. The lowest BCUT2D eigenvalue weighted by molar-refractivity contribution is 0.0989. The zero-order chi connectivity index (χ0) is 22.3. The quantitative estimate of drug-likeness (QED) is 0.185. The fraction of sp³-hybridized carbons (Fsp3) is 0.115. The van der Waals surface area contributed by atoms with E-state index in [1.165, 1.54) is 11.8 Å². The molecule has 0 aliphatic rings. The predicted molar refractivity (Wildman–Crippen MR) is 128 cm³/mol. The van der Waals surface area contributed by atoms with Gasteiger partial charge in [-0.25, -0.2) is 0 Å². The molecule has 1 heterocycles. The van der Waals surface area contributed by atoms with Crippen molar-refractivity contribution in [3.05, 3.63) is 109 Å². The molecule has 0 aliphatic heterocycles. The van der Waals surface area contributed by atoms with E-state index in [-0.39, 0.29) is 5.78 Å². The fourth-order valence-corrected chi connectivity index (χ4v) is 4.58. The number of rotatable bonds is 9. The standard InChI is InChI=1S/C26H23N3O2S/c1-3-18-29-25(21-16-10-11-17-22(21)31-2)27-28-26(29)32-24(20-14-8-5-9-15-20)23(30)19-12-6-4-7-13-19/h3-17,24H,1,18H2,2H3/t24-/m0/s1. The molecule has 4 rings (SSSR count). The first-order chi connectivity index (χ1) is 15.7. The van der Waals surface area contributed by atoms with Gasteiger partial charge in [-0.1, -0.05) is 90.6 Å².